The highest BCUT2D eigenvalue weighted by molar-refractivity contribution is 9.10. The minimum atomic E-state index is -0.562. The lowest BCUT2D eigenvalue weighted by Crippen LogP contribution is -2.27. The van der Waals surface area contributed by atoms with Crippen molar-refractivity contribution in [2.24, 2.45) is 0 Å². The van der Waals surface area contributed by atoms with Gasteiger partial charge in [0.2, 0.25) is 0 Å². The first kappa shape index (κ1) is 21.2. The predicted molar refractivity (Wildman–Crippen MR) is 131 cm³/mol. The van der Waals surface area contributed by atoms with E-state index in [1.165, 1.54) is 11.3 Å². The Hall–Kier alpha value is -2.65. The number of carbonyl (C=O) groups excluding carboxylic acids is 1. The molecular weight excluding hydrogens is 492 g/mol. The molecule has 0 fully saturated rings. The van der Waals surface area contributed by atoms with Gasteiger partial charge in [-0.25, -0.2) is 14.8 Å². The van der Waals surface area contributed by atoms with Crippen LogP contribution in [0.5, 0.6) is 5.75 Å². The van der Waals surface area contributed by atoms with Gasteiger partial charge in [0.1, 0.15) is 22.7 Å². The molecule has 2 aromatic carbocycles. The fourth-order valence-electron chi connectivity index (χ4n) is 3.81. The molecule has 1 amide bonds. The number of imidazole rings is 1. The van der Waals surface area contributed by atoms with Crippen LogP contribution >= 0.6 is 27.3 Å². The summed E-state index contributed by atoms with van der Waals surface area (Å²) in [5.74, 6) is 1.74. The number of rotatable bonds is 2. The third-order valence-electron chi connectivity index (χ3n) is 5.06. The maximum absolute atomic E-state index is 12.1. The lowest BCUT2D eigenvalue weighted by atomic mass is 10.2. The molecular formula is C23H23BrN4O3S. The Morgan fingerprint density at radius 2 is 2.03 bits per heavy atom. The van der Waals surface area contributed by atoms with Crippen molar-refractivity contribution >= 4 is 59.7 Å². The molecule has 32 heavy (non-hydrogen) atoms. The Morgan fingerprint density at radius 1 is 1.19 bits per heavy atom. The number of aromatic nitrogens is 3. The molecule has 0 bridgehead atoms. The number of nitrogens with one attached hydrogen (secondary N) is 1. The molecule has 9 heteroatoms. The Morgan fingerprint density at radius 3 is 2.84 bits per heavy atom. The van der Waals surface area contributed by atoms with E-state index in [1.807, 2.05) is 45.0 Å². The van der Waals surface area contributed by atoms with Crippen molar-refractivity contribution in [3.05, 3.63) is 34.8 Å². The fourth-order valence-corrected chi connectivity index (χ4v) is 5.07. The van der Waals surface area contributed by atoms with Gasteiger partial charge in [-0.05, 0) is 63.9 Å². The van der Waals surface area contributed by atoms with Gasteiger partial charge in [-0.3, -0.25) is 5.32 Å². The average Bonchev–Trinajstić information content (AvgIpc) is 3.23. The summed E-state index contributed by atoms with van der Waals surface area (Å²) in [4.78, 5) is 21.6. The normalized spacial score (nSPS) is 14.1. The van der Waals surface area contributed by atoms with Crippen molar-refractivity contribution in [2.45, 2.75) is 45.8 Å². The highest BCUT2D eigenvalue weighted by Gasteiger charge is 2.21. The molecule has 1 N–H and O–H groups in total. The molecule has 0 saturated carbocycles. The second-order valence-corrected chi connectivity index (χ2v) is 10.7. The summed E-state index contributed by atoms with van der Waals surface area (Å²) in [6.07, 6.45) is 1.51. The number of aryl methyl sites for hydroxylation is 1. The predicted octanol–water partition coefficient (Wildman–Crippen LogP) is 6.60. The van der Waals surface area contributed by atoms with Crippen LogP contribution < -0.4 is 10.1 Å². The summed E-state index contributed by atoms with van der Waals surface area (Å²) in [6, 6.07) is 10.1. The highest BCUT2D eigenvalue weighted by atomic mass is 79.9. The van der Waals surface area contributed by atoms with Gasteiger partial charge in [-0.1, -0.05) is 27.3 Å². The van der Waals surface area contributed by atoms with Crippen molar-refractivity contribution in [1.29, 1.82) is 0 Å². The minimum Gasteiger partial charge on any atom is -0.491 e. The smallest absolute Gasteiger partial charge is 0.413 e. The number of fused-ring (bicyclic) bond motifs is 1. The second-order valence-electron chi connectivity index (χ2n) is 8.74. The fraction of sp³-hybridized carbons (Fsp3) is 0.348. The molecule has 3 heterocycles. The number of anilines is 1. The van der Waals surface area contributed by atoms with E-state index >= 15 is 0 Å². The van der Waals surface area contributed by atoms with E-state index in [2.05, 4.69) is 36.9 Å². The summed E-state index contributed by atoms with van der Waals surface area (Å²) in [7, 11) is 0. The second kappa shape index (κ2) is 8.04. The number of carbonyl (C=O) groups is 1. The molecule has 5 rings (SSSR count). The minimum absolute atomic E-state index is 0.508. The van der Waals surface area contributed by atoms with Gasteiger partial charge in [0.05, 0.1) is 22.3 Å². The molecule has 1 aliphatic rings. The van der Waals surface area contributed by atoms with Crippen LogP contribution in [0.3, 0.4) is 0 Å². The quantitative estimate of drug-likeness (QED) is 0.326. The Bertz CT molecular complexity index is 1340. The highest BCUT2D eigenvalue weighted by Crippen LogP contribution is 2.37. The maximum atomic E-state index is 12.1. The van der Waals surface area contributed by atoms with Crippen molar-refractivity contribution < 1.29 is 14.3 Å². The van der Waals surface area contributed by atoms with Crippen LogP contribution in [0.15, 0.2) is 34.8 Å². The lowest BCUT2D eigenvalue weighted by Gasteiger charge is -2.18. The van der Waals surface area contributed by atoms with Gasteiger partial charge < -0.3 is 14.0 Å². The molecule has 166 valence electrons. The third kappa shape index (κ3) is 4.19. The summed E-state index contributed by atoms with van der Waals surface area (Å²) in [5, 5.41) is 3.24. The number of ether oxygens (including phenoxy) is 2. The number of benzene rings is 2. The van der Waals surface area contributed by atoms with Gasteiger partial charge in [0.25, 0.3) is 0 Å². The van der Waals surface area contributed by atoms with Crippen molar-refractivity contribution in [3.63, 3.8) is 0 Å². The number of thiazole rings is 1. The molecule has 0 unspecified atom stereocenters. The molecule has 0 atom stereocenters. The van der Waals surface area contributed by atoms with Crippen LogP contribution in [0.25, 0.3) is 32.6 Å². The number of hydrogen-bond donors (Lipinski definition) is 1. The zero-order chi connectivity index (χ0) is 22.5. The summed E-state index contributed by atoms with van der Waals surface area (Å²) in [6.45, 7) is 7.08. The molecule has 0 aliphatic carbocycles. The van der Waals surface area contributed by atoms with Crippen LogP contribution in [-0.2, 0) is 11.3 Å². The molecule has 2 aromatic heterocycles. The van der Waals surface area contributed by atoms with E-state index in [0.29, 0.717) is 11.7 Å². The van der Waals surface area contributed by atoms with E-state index in [0.717, 1.165) is 62.2 Å². The zero-order valence-corrected chi connectivity index (χ0v) is 20.5. The van der Waals surface area contributed by atoms with E-state index in [4.69, 9.17) is 14.5 Å². The first-order valence-electron chi connectivity index (χ1n) is 10.5. The van der Waals surface area contributed by atoms with Crippen LogP contribution in [0.2, 0.25) is 0 Å². The monoisotopic (exact) mass is 514 g/mol. The van der Waals surface area contributed by atoms with Gasteiger partial charge in [0.15, 0.2) is 5.13 Å². The Labute approximate surface area is 197 Å². The van der Waals surface area contributed by atoms with E-state index < -0.39 is 11.7 Å². The molecule has 0 spiro atoms. The number of halogens is 1. The topological polar surface area (TPSA) is 78.3 Å². The number of amides is 1. The Kier molecular flexibility index (Phi) is 5.33. The van der Waals surface area contributed by atoms with Crippen molar-refractivity contribution in [1.82, 2.24) is 14.5 Å². The van der Waals surface area contributed by atoms with Crippen LogP contribution in [0, 0.1) is 0 Å². The molecule has 4 aromatic rings. The van der Waals surface area contributed by atoms with Gasteiger partial charge in [-0.2, -0.15) is 0 Å². The van der Waals surface area contributed by atoms with Gasteiger partial charge in [0, 0.05) is 16.6 Å². The first-order valence-corrected chi connectivity index (χ1v) is 12.1. The SMILES string of the molecule is CC(C)(C)OC(=O)Nc1nc2cc(-c3nc4cc(Br)cc5c4n3CCCCO5)ccc2s1. The van der Waals surface area contributed by atoms with E-state index in [-0.39, 0.29) is 0 Å². The molecule has 0 saturated heterocycles. The molecule has 0 radical (unpaired) electrons. The largest absolute Gasteiger partial charge is 0.491 e. The third-order valence-corrected chi connectivity index (χ3v) is 6.47. The van der Waals surface area contributed by atoms with E-state index in [9.17, 15) is 4.79 Å². The zero-order valence-electron chi connectivity index (χ0n) is 18.1. The molecule has 1 aliphatic heterocycles. The summed E-state index contributed by atoms with van der Waals surface area (Å²) in [5.41, 5.74) is 3.14. The Balaban J connectivity index is 1.54. The number of hydrogen-bond acceptors (Lipinski definition) is 6. The van der Waals surface area contributed by atoms with Crippen LogP contribution in [0.1, 0.15) is 33.6 Å². The summed E-state index contributed by atoms with van der Waals surface area (Å²) >= 11 is 4.99. The standard InChI is InChI=1S/C23H23BrN4O3S/c1-23(2,3)31-22(29)27-21-26-15-10-13(6-7-18(15)32-21)20-25-16-11-14(24)12-17-19(16)28(20)8-4-5-9-30-17/h6-7,10-12H,4-5,8-9H2,1-3H3,(H,26,27,29). The average molecular weight is 515 g/mol. The van der Waals surface area contributed by atoms with Crippen LogP contribution in [0.4, 0.5) is 9.93 Å². The van der Waals surface area contributed by atoms with E-state index in [1.54, 1.807) is 0 Å². The lowest BCUT2D eigenvalue weighted by molar-refractivity contribution is 0.0636. The summed E-state index contributed by atoms with van der Waals surface area (Å²) < 4.78 is 15.5. The van der Waals surface area contributed by atoms with Crippen LogP contribution in [-0.4, -0.2) is 32.8 Å². The molecule has 7 nitrogen and oxygen atoms in total. The van der Waals surface area contributed by atoms with Gasteiger partial charge >= 0.3 is 6.09 Å². The first-order chi connectivity index (χ1) is 15.3. The van der Waals surface area contributed by atoms with Gasteiger partial charge in [-0.15, -0.1) is 0 Å². The number of nitrogens with zero attached hydrogens (tertiary/aromatic N) is 3. The maximum Gasteiger partial charge on any atom is 0.413 e. The van der Waals surface area contributed by atoms with Crippen molar-refractivity contribution in [3.8, 4) is 17.1 Å². The van der Waals surface area contributed by atoms with Crippen molar-refractivity contribution in [2.75, 3.05) is 11.9 Å².